The summed E-state index contributed by atoms with van der Waals surface area (Å²) in [4.78, 5) is 6.62. The Morgan fingerprint density at radius 1 is 1.36 bits per heavy atom. The van der Waals surface area contributed by atoms with Crippen molar-refractivity contribution in [3.05, 3.63) is 30.3 Å². The van der Waals surface area contributed by atoms with Crippen LogP contribution < -0.4 is 5.73 Å². The minimum atomic E-state index is -3.28. The van der Waals surface area contributed by atoms with Crippen LogP contribution in [0, 0.1) is 5.92 Å². The number of hydrogen-bond donors (Lipinski definition) is 1. The SMILES string of the molecule is CC1CCCN(C(N)=NCCS(=O)(=O)c2ccccc2)C1.I. The highest BCUT2D eigenvalue weighted by Gasteiger charge is 2.18. The lowest BCUT2D eigenvalue weighted by molar-refractivity contribution is 0.270. The first-order chi connectivity index (χ1) is 9.99. The number of rotatable bonds is 4. The van der Waals surface area contributed by atoms with Gasteiger partial charge in [0.15, 0.2) is 15.8 Å². The second kappa shape index (κ2) is 8.71. The van der Waals surface area contributed by atoms with Crippen molar-refractivity contribution in [2.45, 2.75) is 24.7 Å². The third-order valence-electron chi connectivity index (χ3n) is 3.72. The summed E-state index contributed by atoms with van der Waals surface area (Å²) < 4.78 is 24.2. The van der Waals surface area contributed by atoms with Gasteiger partial charge in [-0.25, -0.2) is 8.42 Å². The summed E-state index contributed by atoms with van der Waals surface area (Å²) >= 11 is 0. The lowest BCUT2D eigenvalue weighted by Gasteiger charge is -2.31. The molecule has 2 rings (SSSR count). The van der Waals surface area contributed by atoms with Crippen LogP contribution in [0.5, 0.6) is 0 Å². The number of aliphatic imine (C=N–C) groups is 1. The minimum absolute atomic E-state index is 0. The van der Waals surface area contributed by atoms with Gasteiger partial charge in [-0.2, -0.15) is 0 Å². The number of guanidine groups is 1. The number of likely N-dealkylation sites (tertiary alicyclic amines) is 1. The zero-order chi connectivity index (χ0) is 15.3. The van der Waals surface area contributed by atoms with Gasteiger partial charge in [0, 0.05) is 13.1 Å². The Balaban J connectivity index is 0.00000242. The fraction of sp³-hybridized carbons (Fsp3) is 0.533. The molecule has 1 heterocycles. The first-order valence-corrected chi connectivity index (χ1v) is 8.97. The first-order valence-electron chi connectivity index (χ1n) is 7.32. The molecule has 0 spiro atoms. The molecule has 0 radical (unpaired) electrons. The summed E-state index contributed by atoms with van der Waals surface area (Å²) in [7, 11) is -3.28. The molecule has 0 aromatic heterocycles. The van der Waals surface area contributed by atoms with E-state index in [9.17, 15) is 8.42 Å². The highest BCUT2D eigenvalue weighted by Crippen LogP contribution is 2.15. The molecule has 1 saturated heterocycles. The van der Waals surface area contributed by atoms with Gasteiger partial charge in [0.05, 0.1) is 17.2 Å². The van der Waals surface area contributed by atoms with Gasteiger partial charge in [0.1, 0.15) is 0 Å². The van der Waals surface area contributed by atoms with Gasteiger partial charge in [-0.3, -0.25) is 4.99 Å². The van der Waals surface area contributed by atoms with Crippen molar-refractivity contribution in [1.29, 1.82) is 0 Å². The molecular formula is C15H24IN3O2S. The molecule has 0 bridgehead atoms. The van der Waals surface area contributed by atoms with E-state index in [0.29, 0.717) is 16.8 Å². The lowest BCUT2D eigenvalue weighted by atomic mass is 10.0. The summed E-state index contributed by atoms with van der Waals surface area (Å²) in [5.74, 6) is 1.06. The quantitative estimate of drug-likeness (QED) is 0.445. The van der Waals surface area contributed by atoms with E-state index >= 15 is 0 Å². The molecule has 22 heavy (non-hydrogen) atoms. The van der Waals surface area contributed by atoms with Gasteiger partial charge in [0.25, 0.3) is 0 Å². The molecule has 0 amide bonds. The van der Waals surface area contributed by atoms with Crippen LogP contribution >= 0.6 is 24.0 Å². The van der Waals surface area contributed by atoms with Crippen LogP contribution in [-0.4, -0.2) is 44.7 Å². The van der Waals surface area contributed by atoms with E-state index in [1.807, 2.05) is 4.90 Å². The average molecular weight is 437 g/mol. The molecular weight excluding hydrogens is 413 g/mol. The number of nitrogens with two attached hydrogens (primary N) is 1. The van der Waals surface area contributed by atoms with Crippen molar-refractivity contribution in [2.24, 2.45) is 16.6 Å². The number of benzene rings is 1. The predicted octanol–water partition coefficient (Wildman–Crippen LogP) is 2.12. The molecule has 1 aliphatic rings. The van der Waals surface area contributed by atoms with Crippen molar-refractivity contribution < 1.29 is 8.42 Å². The predicted molar refractivity (Wildman–Crippen MR) is 100 cm³/mol. The number of halogens is 1. The van der Waals surface area contributed by atoms with Gasteiger partial charge >= 0.3 is 0 Å². The van der Waals surface area contributed by atoms with Crippen LogP contribution in [0.2, 0.25) is 0 Å². The molecule has 1 atom stereocenters. The maximum Gasteiger partial charge on any atom is 0.191 e. The molecule has 1 aromatic carbocycles. The second-order valence-corrected chi connectivity index (χ2v) is 7.67. The normalized spacial score (nSPS) is 19.6. The number of sulfone groups is 1. The molecule has 1 aromatic rings. The van der Waals surface area contributed by atoms with E-state index in [0.717, 1.165) is 19.5 Å². The fourth-order valence-corrected chi connectivity index (χ4v) is 3.66. The topological polar surface area (TPSA) is 75.8 Å². The van der Waals surface area contributed by atoms with Crippen LogP contribution in [0.15, 0.2) is 40.2 Å². The van der Waals surface area contributed by atoms with E-state index < -0.39 is 9.84 Å². The van der Waals surface area contributed by atoms with E-state index in [-0.39, 0.29) is 36.3 Å². The third-order valence-corrected chi connectivity index (χ3v) is 5.43. The summed E-state index contributed by atoms with van der Waals surface area (Å²) in [6.45, 7) is 4.21. The van der Waals surface area contributed by atoms with E-state index in [2.05, 4.69) is 11.9 Å². The van der Waals surface area contributed by atoms with E-state index in [1.165, 1.54) is 6.42 Å². The van der Waals surface area contributed by atoms with Gasteiger partial charge in [-0.1, -0.05) is 25.1 Å². The van der Waals surface area contributed by atoms with Gasteiger partial charge in [-0.15, -0.1) is 24.0 Å². The Hall–Kier alpha value is -0.830. The molecule has 0 saturated carbocycles. The maximum atomic E-state index is 12.1. The van der Waals surface area contributed by atoms with Crippen LogP contribution in [0.1, 0.15) is 19.8 Å². The molecule has 1 fully saturated rings. The Morgan fingerprint density at radius 3 is 2.68 bits per heavy atom. The first kappa shape index (κ1) is 19.2. The number of nitrogens with zero attached hydrogens (tertiary/aromatic N) is 2. The Labute approximate surface area is 149 Å². The second-order valence-electron chi connectivity index (χ2n) is 5.57. The van der Waals surface area contributed by atoms with Gasteiger partial charge in [-0.05, 0) is 30.9 Å². The monoisotopic (exact) mass is 437 g/mol. The largest absolute Gasteiger partial charge is 0.370 e. The van der Waals surface area contributed by atoms with Crippen molar-refractivity contribution >= 4 is 39.8 Å². The van der Waals surface area contributed by atoms with E-state index in [4.69, 9.17) is 5.73 Å². The average Bonchev–Trinajstić information content (AvgIpc) is 2.48. The van der Waals surface area contributed by atoms with Crippen LogP contribution in [0.3, 0.4) is 0 Å². The highest BCUT2D eigenvalue weighted by molar-refractivity contribution is 14.0. The Bertz CT molecular complexity index is 590. The molecule has 1 unspecified atom stereocenters. The summed E-state index contributed by atoms with van der Waals surface area (Å²) in [5.41, 5.74) is 5.96. The van der Waals surface area contributed by atoms with E-state index in [1.54, 1.807) is 30.3 Å². The van der Waals surface area contributed by atoms with Crippen molar-refractivity contribution in [2.75, 3.05) is 25.4 Å². The van der Waals surface area contributed by atoms with Gasteiger partial charge < -0.3 is 10.6 Å². The highest BCUT2D eigenvalue weighted by atomic mass is 127. The van der Waals surface area contributed by atoms with Crippen molar-refractivity contribution in [3.63, 3.8) is 0 Å². The maximum absolute atomic E-state index is 12.1. The fourth-order valence-electron chi connectivity index (χ4n) is 2.52. The van der Waals surface area contributed by atoms with Crippen molar-refractivity contribution in [1.82, 2.24) is 4.90 Å². The number of hydrogen-bond acceptors (Lipinski definition) is 3. The summed E-state index contributed by atoms with van der Waals surface area (Å²) in [5, 5.41) is 0. The van der Waals surface area contributed by atoms with Crippen molar-refractivity contribution in [3.8, 4) is 0 Å². The zero-order valence-corrected chi connectivity index (χ0v) is 16.0. The standard InChI is InChI=1S/C15H23N3O2S.HI/c1-13-6-5-10-18(12-13)15(16)17-9-11-21(19,20)14-7-3-2-4-8-14;/h2-4,7-8,13H,5-6,9-12H2,1H3,(H2,16,17);1H. The Morgan fingerprint density at radius 2 is 2.05 bits per heavy atom. The van der Waals surface area contributed by atoms with Crippen LogP contribution in [0.25, 0.3) is 0 Å². The molecule has 5 nitrogen and oxygen atoms in total. The molecule has 0 aliphatic carbocycles. The zero-order valence-electron chi connectivity index (χ0n) is 12.8. The van der Waals surface area contributed by atoms with Gasteiger partial charge in [0.2, 0.25) is 0 Å². The summed E-state index contributed by atoms with van der Waals surface area (Å²) in [6.07, 6.45) is 2.33. The molecule has 124 valence electrons. The smallest absolute Gasteiger partial charge is 0.191 e. The minimum Gasteiger partial charge on any atom is -0.370 e. The molecule has 1 aliphatic heterocycles. The van der Waals surface area contributed by atoms with Crippen LogP contribution in [-0.2, 0) is 9.84 Å². The molecule has 2 N–H and O–H groups in total. The molecule has 7 heteroatoms. The third kappa shape index (κ3) is 5.42. The summed E-state index contributed by atoms with van der Waals surface area (Å²) in [6, 6.07) is 8.45. The lowest BCUT2D eigenvalue weighted by Crippen LogP contribution is -2.43. The Kier molecular flexibility index (Phi) is 7.61. The van der Waals surface area contributed by atoms with Crippen LogP contribution in [0.4, 0.5) is 0 Å². The number of piperidine rings is 1.